The van der Waals surface area contributed by atoms with Gasteiger partial charge in [-0.15, -0.1) is 12.4 Å². The summed E-state index contributed by atoms with van der Waals surface area (Å²) in [5, 5.41) is 3.88. The average molecular weight is 307 g/mol. The van der Waals surface area contributed by atoms with Gasteiger partial charge < -0.3 is 5.32 Å². The zero-order valence-corrected chi connectivity index (χ0v) is 12.7. The molecule has 1 fully saturated rings. The number of hydrogen-bond donors (Lipinski definition) is 1. The monoisotopic (exact) mass is 306 g/mol. The van der Waals surface area contributed by atoms with Crippen LogP contribution in [0.4, 0.5) is 4.39 Å². The Balaban J connectivity index is 0.00000180. The molecule has 1 aromatic rings. The van der Waals surface area contributed by atoms with E-state index in [-0.39, 0.29) is 18.2 Å². The standard InChI is InChI=1S/C14H20ClFN2.ClH/c1-18(14-3-2-5-17-6-4-14)10-11-7-12(15)9-13(16)8-11;/h7-9,14,17H,2-6,10H2,1H3;1H. The molecule has 1 aromatic carbocycles. The first-order valence-electron chi connectivity index (χ1n) is 6.51. The van der Waals surface area contributed by atoms with Crippen molar-refractivity contribution in [2.75, 3.05) is 20.1 Å². The Morgan fingerprint density at radius 1 is 1.32 bits per heavy atom. The molecule has 1 aliphatic heterocycles. The van der Waals surface area contributed by atoms with Crippen LogP contribution in [0.3, 0.4) is 0 Å². The van der Waals surface area contributed by atoms with Crippen molar-refractivity contribution in [3.63, 3.8) is 0 Å². The molecule has 0 aliphatic carbocycles. The van der Waals surface area contributed by atoms with Gasteiger partial charge in [-0.1, -0.05) is 11.6 Å². The third-order valence-corrected chi connectivity index (χ3v) is 3.74. The minimum atomic E-state index is -0.256. The number of benzene rings is 1. The van der Waals surface area contributed by atoms with E-state index in [2.05, 4.69) is 17.3 Å². The molecule has 0 spiro atoms. The molecule has 108 valence electrons. The molecule has 1 heterocycles. The van der Waals surface area contributed by atoms with E-state index in [1.807, 2.05) is 6.07 Å². The summed E-state index contributed by atoms with van der Waals surface area (Å²) in [6.07, 6.45) is 3.56. The molecule has 0 aromatic heterocycles. The Morgan fingerprint density at radius 3 is 2.84 bits per heavy atom. The molecule has 1 unspecified atom stereocenters. The van der Waals surface area contributed by atoms with E-state index in [1.165, 1.54) is 18.9 Å². The molecular formula is C14H21Cl2FN2. The molecule has 1 N–H and O–H groups in total. The number of hydrogen-bond acceptors (Lipinski definition) is 2. The number of halogens is 3. The third kappa shape index (κ3) is 5.27. The maximum Gasteiger partial charge on any atom is 0.125 e. The lowest BCUT2D eigenvalue weighted by Gasteiger charge is -2.27. The number of nitrogens with one attached hydrogen (secondary N) is 1. The van der Waals surface area contributed by atoms with Crippen LogP contribution in [0.2, 0.25) is 5.02 Å². The van der Waals surface area contributed by atoms with E-state index < -0.39 is 0 Å². The fraction of sp³-hybridized carbons (Fsp3) is 0.571. The van der Waals surface area contributed by atoms with Crippen molar-refractivity contribution < 1.29 is 4.39 Å². The first-order chi connectivity index (χ1) is 8.65. The van der Waals surface area contributed by atoms with Gasteiger partial charge in [-0.25, -0.2) is 4.39 Å². The van der Waals surface area contributed by atoms with Gasteiger partial charge in [0.25, 0.3) is 0 Å². The molecule has 0 saturated carbocycles. The molecule has 5 heteroatoms. The van der Waals surface area contributed by atoms with E-state index in [4.69, 9.17) is 11.6 Å². The number of rotatable bonds is 3. The highest BCUT2D eigenvalue weighted by Crippen LogP contribution is 2.18. The van der Waals surface area contributed by atoms with Gasteiger partial charge in [-0.05, 0) is 63.2 Å². The molecule has 0 radical (unpaired) electrons. The summed E-state index contributed by atoms with van der Waals surface area (Å²) in [6, 6.07) is 5.33. The van der Waals surface area contributed by atoms with Gasteiger partial charge >= 0.3 is 0 Å². The maximum atomic E-state index is 13.3. The molecule has 2 nitrogen and oxygen atoms in total. The Labute approximate surface area is 125 Å². The zero-order chi connectivity index (χ0) is 13.0. The second kappa shape index (κ2) is 8.05. The largest absolute Gasteiger partial charge is 0.317 e. The fourth-order valence-electron chi connectivity index (χ4n) is 2.56. The highest BCUT2D eigenvalue weighted by molar-refractivity contribution is 6.30. The second-order valence-corrected chi connectivity index (χ2v) is 5.46. The van der Waals surface area contributed by atoms with Crippen LogP contribution in [-0.2, 0) is 6.54 Å². The summed E-state index contributed by atoms with van der Waals surface area (Å²) in [7, 11) is 2.11. The van der Waals surface area contributed by atoms with Gasteiger partial charge in [0.1, 0.15) is 5.82 Å². The van der Waals surface area contributed by atoms with E-state index in [1.54, 1.807) is 6.07 Å². The second-order valence-electron chi connectivity index (χ2n) is 5.03. The lowest BCUT2D eigenvalue weighted by atomic mass is 10.1. The van der Waals surface area contributed by atoms with Crippen molar-refractivity contribution >= 4 is 24.0 Å². The summed E-state index contributed by atoms with van der Waals surface area (Å²) in [5.41, 5.74) is 0.944. The van der Waals surface area contributed by atoms with E-state index in [0.717, 1.165) is 31.6 Å². The molecule has 0 bridgehead atoms. The van der Waals surface area contributed by atoms with Crippen LogP contribution in [0, 0.1) is 5.82 Å². The molecule has 2 rings (SSSR count). The van der Waals surface area contributed by atoms with E-state index >= 15 is 0 Å². The van der Waals surface area contributed by atoms with Crippen LogP contribution < -0.4 is 5.32 Å². The SMILES string of the molecule is CN(Cc1cc(F)cc(Cl)c1)C1CCCNCC1.Cl. The van der Waals surface area contributed by atoms with Crippen LogP contribution in [0.15, 0.2) is 18.2 Å². The smallest absolute Gasteiger partial charge is 0.125 e. The van der Waals surface area contributed by atoms with Crippen LogP contribution >= 0.6 is 24.0 Å². The number of nitrogens with zero attached hydrogens (tertiary/aromatic N) is 1. The Kier molecular flexibility index (Phi) is 7.08. The fourth-order valence-corrected chi connectivity index (χ4v) is 2.81. The van der Waals surface area contributed by atoms with Gasteiger partial charge in [-0.3, -0.25) is 4.90 Å². The topological polar surface area (TPSA) is 15.3 Å². The summed E-state index contributed by atoms with van der Waals surface area (Å²) in [5.74, 6) is -0.256. The van der Waals surface area contributed by atoms with Gasteiger partial charge in [0.2, 0.25) is 0 Å². The average Bonchev–Trinajstić information content (AvgIpc) is 2.55. The van der Waals surface area contributed by atoms with Gasteiger partial charge in [0, 0.05) is 17.6 Å². The molecular weight excluding hydrogens is 286 g/mol. The summed E-state index contributed by atoms with van der Waals surface area (Å²) >= 11 is 5.88. The van der Waals surface area contributed by atoms with Crippen molar-refractivity contribution in [1.82, 2.24) is 10.2 Å². The Bertz CT molecular complexity index is 373. The molecule has 0 amide bonds. The van der Waals surface area contributed by atoms with E-state index in [9.17, 15) is 4.39 Å². The van der Waals surface area contributed by atoms with Crippen LogP contribution in [0.1, 0.15) is 24.8 Å². The molecule has 1 aliphatic rings. The lowest BCUT2D eigenvalue weighted by Crippen LogP contribution is -2.32. The van der Waals surface area contributed by atoms with Gasteiger partial charge in [-0.2, -0.15) is 0 Å². The summed E-state index contributed by atoms with van der Waals surface area (Å²) in [4.78, 5) is 2.30. The van der Waals surface area contributed by atoms with Crippen LogP contribution in [0.5, 0.6) is 0 Å². The van der Waals surface area contributed by atoms with Crippen molar-refractivity contribution in [2.24, 2.45) is 0 Å². The molecule has 1 saturated heterocycles. The van der Waals surface area contributed by atoms with Crippen LogP contribution in [0.25, 0.3) is 0 Å². The minimum Gasteiger partial charge on any atom is -0.317 e. The Hall–Kier alpha value is -0.350. The molecule has 1 atom stereocenters. The van der Waals surface area contributed by atoms with E-state index in [0.29, 0.717) is 11.1 Å². The normalized spacial score (nSPS) is 19.9. The van der Waals surface area contributed by atoms with Crippen LogP contribution in [-0.4, -0.2) is 31.1 Å². The van der Waals surface area contributed by atoms with Crippen molar-refractivity contribution in [3.05, 3.63) is 34.6 Å². The zero-order valence-electron chi connectivity index (χ0n) is 11.2. The third-order valence-electron chi connectivity index (χ3n) is 3.52. The highest BCUT2D eigenvalue weighted by atomic mass is 35.5. The van der Waals surface area contributed by atoms with Gasteiger partial charge in [0.05, 0.1) is 0 Å². The predicted octanol–water partition coefficient (Wildman–Crippen LogP) is 3.47. The van der Waals surface area contributed by atoms with Gasteiger partial charge in [0.15, 0.2) is 0 Å². The summed E-state index contributed by atoms with van der Waals surface area (Å²) in [6.45, 7) is 2.93. The van der Waals surface area contributed by atoms with Crippen molar-refractivity contribution in [2.45, 2.75) is 31.8 Å². The predicted molar refractivity (Wildman–Crippen MR) is 80.6 cm³/mol. The quantitative estimate of drug-likeness (QED) is 0.920. The molecule has 19 heavy (non-hydrogen) atoms. The Morgan fingerprint density at radius 2 is 2.11 bits per heavy atom. The first-order valence-corrected chi connectivity index (χ1v) is 6.89. The first kappa shape index (κ1) is 16.7. The minimum absolute atomic E-state index is 0. The maximum absolute atomic E-state index is 13.3. The lowest BCUT2D eigenvalue weighted by molar-refractivity contribution is 0.216. The van der Waals surface area contributed by atoms with Crippen molar-refractivity contribution in [1.29, 1.82) is 0 Å². The summed E-state index contributed by atoms with van der Waals surface area (Å²) < 4.78 is 13.3. The van der Waals surface area contributed by atoms with Crippen molar-refractivity contribution in [3.8, 4) is 0 Å². The highest BCUT2D eigenvalue weighted by Gasteiger charge is 2.17.